The maximum absolute atomic E-state index is 10.8. The second kappa shape index (κ2) is 5.99. The molecular weight excluding hydrogens is 312 g/mol. The molecule has 2 rings (SSSR count). The third-order valence-corrected chi connectivity index (χ3v) is 3.91. The number of benzene rings is 1. The first-order chi connectivity index (χ1) is 9.13. The van der Waals surface area contributed by atoms with E-state index < -0.39 is 4.92 Å². The zero-order chi connectivity index (χ0) is 13.8. The van der Waals surface area contributed by atoms with Crippen molar-refractivity contribution in [2.45, 2.75) is 18.9 Å². The highest BCUT2D eigenvalue weighted by Crippen LogP contribution is 2.33. The molecular formula is C12H13BrN4O2. The van der Waals surface area contributed by atoms with Crippen LogP contribution in [0.1, 0.15) is 18.4 Å². The highest BCUT2D eigenvalue weighted by atomic mass is 79.9. The number of nitro benzene ring substituents is 1. The number of anilines is 1. The number of hydrogen-bond acceptors (Lipinski definition) is 5. The lowest BCUT2D eigenvalue weighted by molar-refractivity contribution is -0.385. The Morgan fingerprint density at radius 1 is 1.58 bits per heavy atom. The van der Waals surface area contributed by atoms with Gasteiger partial charge in [-0.2, -0.15) is 5.26 Å². The fourth-order valence-corrected chi connectivity index (χ4v) is 2.67. The molecule has 0 bridgehead atoms. The molecule has 1 atom stereocenters. The fraction of sp³-hybridized carbons (Fsp3) is 0.417. The van der Waals surface area contributed by atoms with E-state index in [0.29, 0.717) is 4.47 Å². The zero-order valence-corrected chi connectivity index (χ0v) is 11.7. The number of nitrogens with one attached hydrogen (secondary N) is 2. The van der Waals surface area contributed by atoms with E-state index in [-0.39, 0.29) is 17.3 Å². The van der Waals surface area contributed by atoms with Gasteiger partial charge in [-0.15, -0.1) is 0 Å². The lowest BCUT2D eigenvalue weighted by Gasteiger charge is -2.25. The summed E-state index contributed by atoms with van der Waals surface area (Å²) in [4.78, 5) is 10.3. The SMILES string of the molecule is N#Cc1c([N+](=O)[O-])ccc(N[C@@H]2CCCNC2)c1Br. The third kappa shape index (κ3) is 3.03. The summed E-state index contributed by atoms with van der Waals surface area (Å²) >= 11 is 3.28. The van der Waals surface area contributed by atoms with Crippen LogP contribution in [0, 0.1) is 21.4 Å². The number of rotatable bonds is 3. The normalized spacial score (nSPS) is 18.6. The zero-order valence-electron chi connectivity index (χ0n) is 10.1. The molecule has 0 amide bonds. The molecule has 1 aliphatic rings. The van der Waals surface area contributed by atoms with Crippen LogP contribution in [0.25, 0.3) is 0 Å². The summed E-state index contributed by atoms with van der Waals surface area (Å²) in [7, 11) is 0. The average Bonchev–Trinajstić information content (AvgIpc) is 2.41. The molecule has 6 nitrogen and oxygen atoms in total. The van der Waals surface area contributed by atoms with E-state index in [1.165, 1.54) is 6.07 Å². The summed E-state index contributed by atoms with van der Waals surface area (Å²) in [6, 6.07) is 5.15. The van der Waals surface area contributed by atoms with Crippen LogP contribution in [0.3, 0.4) is 0 Å². The molecule has 1 fully saturated rings. The van der Waals surface area contributed by atoms with Gasteiger partial charge in [0.05, 0.1) is 15.1 Å². The number of halogens is 1. The van der Waals surface area contributed by atoms with Crippen molar-refractivity contribution in [2.24, 2.45) is 0 Å². The molecule has 1 aromatic carbocycles. The van der Waals surface area contributed by atoms with Crippen LogP contribution in [0.5, 0.6) is 0 Å². The number of nitriles is 1. The van der Waals surface area contributed by atoms with Gasteiger partial charge in [0.15, 0.2) is 0 Å². The molecule has 0 radical (unpaired) electrons. The minimum absolute atomic E-state index is 0.0544. The molecule has 0 unspecified atom stereocenters. The third-order valence-electron chi connectivity index (χ3n) is 3.08. The van der Waals surface area contributed by atoms with E-state index in [1.807, 2.05) is 6.07 Å². The minimum atomic E-state index is -0.546. The predicted molar refractivity (Wildman–Crippen MR) is 75.0 cm³/mol. The molecule has 7 heteroatoms. The van der Waals surface area contributed by atoms with E-state index >= 15 is 0 Å². The number of piperidine rings is 1. The van der Waals surface area contributed by atoms with Gasteiger partial charge in [-0.25, -0.2) is 0 Å². The van der Waals surface area contributed by atoms with Crippen LogP contribution in [0.2, 0.25) is 0 Å². The van der Waals surface area contributed by atoms with Gasteiger partial charge in [0, 0.05) is 18.7 Å². The Kier molecular flexibility index (Phi) is 4.35. The van der Waals surface area contributed by atoms with Gasteiger partial charge in [0.25, 0.3) is 5.69 Å². The molecule has 1 aromatic rings. The Bertz CT molecular complexity index is 535. The predicted octanol–water partition coefficient (Wildman–Crippen LogP) is 2.39. The van der Waals surface area contributed by atoms with Crippen molar-refractivity contribution in [2.75, 3.05) is 18.4 Å². The van der Waals surface area contributed by atoms with Gasteiger partial charge in [-0.1, -0.05) is 0 Å². The smallest absolute Gasteiger partial charge is 0.288 e. The van der Waals surface area contributed by atoms with E-state index in [1.54, 1.807) is 6.07 Å². The van der Waals surface area contributed by atoms with Gasteiger partial charge in [-0.3, -0.25) is 10.1 Å². The Hall–Kier alpha value is -1.65. The highest BCUT2D eigenvalue weighted by Gasteiger charge is 2.21. The number of nitrogens with zero attached hydrogens (tertiary/aromatic N) is 2. The lowest BCUT2D eigenvalue weighted by atomic mass is 10.1. The topological polar surface area (TPSA) is 91.0 Å². The molecule has 0 aromatic heterocycles. The van der Waals surface area contributed by atoms with Crippen molar-refractivity contribution in [3.8, 4) is 6.07 Å². The van der Waals surface area contributed by atoms with Gasteiger partial charge in [0.1, 0.15) is 11.6 Å². The minimum Gasteiger partial charge on any atom is -0.380 e. The first kappa shape index (κ1) is 13.8. The Morgan fingerprint density at radius 3 is 2.95 bits per heavy atom. The second-order valence-corrected chi connectivity index (χ2v) is 5.17. The van der Waals surface area contributed by atoms with E-state index in [0.717, 1.165) is 31.6 Å². The van der Waals surface area contributed by atoms with Crippen LogP contribution in [0.15, 0.2) is 16.6 Å². The quantitative estimate of drug-likeness (QED) is 0.658. The van der Waals surface area contributed by atoms with E-state index in [4.69, 9.17) is 5.26 Å². The van der Waals surface area contributed by atoms with Gasteiger partial charge >= 0.3 is 0 Å². The standard InChI is InChI=1S/C12H13BrN4O2/c13-12-9(6-14)11(17(18)19)4-3-10(12)16-8-2-1-5-15-7-8/h3-4,8,15-16H,1-2,5,7H2/t8-/m1/s1. The molecule has 0 saturated carbocycles. The van der Waals surface area contributed by atoms with Crippen LogP contribution in [-0.2, 0) is 0 Å². The molecule has 1 aliphatic heterocycles. The van der Waals surface area contributed by atoms with Crippen molar-refractivity contribution in [1.29, 1.82) is 5.26 Å². The molecule has 2 N–H and O–H groups in total. The van der Waals surface area contributed by atoms with Crippen molar-refractivity contribution < 1.29 is 4.92 Å². The van der Waals surface area contributed by atoms with Crippen molar-refractivity contribution in [3.63, 3.8) is 0 Å². The molecule has 100 valence electrons. The summed E-state index contributed by atoms with van der Waals surface area (Å²) in [5, 5.41) is 26.5. The average molecular weight is 325 g/mol. The molecule has 0 spiro atoms. The molecule has 19 heavy (non-hydrogen) atoms. The van der Waals surface area contributed by atoms with Crippen LogP contribution >= 0.6 is 15.9 Å². The van der Waals surface area contributed by atoms with Crippen molar-refractivity contribution in [1.82, 2.24) is 5.32 Å². The van der Waals surface area contributed by atoms with Crippen molar-refractivity contribution >= 4 is 27.3 Å². The largest absolute Gasteiger partial charge is 0.380 e. The maximum Gasteiger partial charge on any atom is 0.288 e. The van der Waals surface area contributed by atoms with Gasteiger partial charge in [-0.05, 0) is 41.4 Å². The Labute approximate surface area is 119 Å². The lowest BCUT2D eigenvalue weighted by Crippen LogP contribution is -2.38. The Morgan fingerprint density at radius 2 is 2.37 bits per heavy atom. The summed E-state index contributed by atoms with van der Waals surface area (Å²) < 4.78 is 0.453. The number of hydrogen-bond donors (Lipinski definition) is 2. The van der Waals surface area contributed by atoms with Gasteiger partial charge in [0.2, 0.25) is 0 Å². The van der Waals surface area contributed by atoms with Crippen molar-refractivity contribution in [3.05, 3.63) is 32.3 Å². The Balaban J connectivity index is 2.27. The first-order valence-electron chi connectivity index (χ1n) is 5.97. The van der Waals surface area contributed by atoms with E-state index in [2.05, 4.69) is 26.6 Å². The summed E-state index contributed by atoms with van der Waals surface area (Å²) in [5.74, 6) is 0. The maximum atomic E-state index is 10.8. The van der Waals surface area contributed by atoms with Crippen LogP contribution < -0.4 is 10.6 Å². The van der Waals surface area contributed by atoms with Crippen LogP contribution in [0.4, 0.5) is 11.4 Å². The molecule has 1 saturated heterocycles. The highest BCUT2D eigenvalue weighted by molar-refractivity contribution is 9.10. The fourth-order valence-electron chi connectivity index (χ4n) is 2.13. The summed E-state index contributed by atoms with van der Waals surface area (Å²) in [5.41, 5.74) is 0.594. The van der Waals surface area contributed by atoms with Crippen LogP contribution in [-0.4, -0.2) is 24.1 Å². The number of nitro groups is 1. The first-order valence-corrected chi connectivity index (χ1v) is 6.77. The monoisotopic (exact) mass is 324 g/mol. The second-order valence-electron chi connectivity index (χ2n) is 4.38. The summed E-state index contributed by atoms with van der Waals surface area (Å²) in [6.45, 7) is 1.87. The van der Waals surface area contributed by atoms with E-state index in [9.17, 15) is 10.1 Å². The molecule has 0 aliphatic carbocycles. The van der Waals surface area contributed by atoms with Gasteiger partial charge < -0.3 is 10.6 Å². The summed E-state index contributed by atoms with van der Waals surface area (Å²) in [6.07, 6.45) is 2.13. The molecule has 1 heterocycles.